The molecular formula is C22H48S4. The molecule has 0 nitrogen and oxygen atoms in total. The minimum absolute atomic E-state index is 0.292. The molecule has 0 N–H and O–H groups in total. The highest BCUT2D eigenvalue weighted by molar-refractivity contribution is 8.77. The summed E-state index contributed by atoms with van der Waals surface area (Å²) in [4.78, 5) is 0. The average molecular weight is 441 g/mol. The summed E-state index contributed by atoms with van der Waals surface area (Å²) in [6.07, 6.45) is 0. The summed E-state index contributed by atoms with van der Waals surface area (Å²) in [5.41, 5.74) is 0.664. The number of hydrogen-bond acceptors (Lipinski definition) is 4. The molecule has 0 saturated carbocycles. The Morgan fingerprint density at radius 2 is 0.500 bits per heavy atom. The molecule has 26 heavy (non-hydrogen) atoms. The van der Waals surface area contributed by atoms with E-state index in [4.69, 9.17) is 0 Å². The highest BCUT2D eigenvalue weighted by atomic mass is 33.1. The Morgan fingerprint density at radius 1 is 0.308 bits per heavy atom. The van der Waals surface area contributed by atoms with Crippen molar-refractivity contribution in [3.05, 3.63) is 0 Å². The quantitative estimate of drug-likeness (QED) is 0.398. The van der Waals surface area contributed by atoms with Crippen LogP contribution in [0, 0.1) is 10.8 Å². The summed E-state index contributed by atoms with van der Waals surface area (Å²) in [5, 5.41) is 0. The average Bonchev–Trinajstić information content (AvgIpc) is 2.31. The van der Waals surface area contributed by atoms with Gasteiger partial charge in [0.1, 0.15) is 0 Å². The van der Waals surface area contributed by atoms with Gasteiger partial charge in [-0.1, -0.05) is 126 Å². The maximum Gasteiger partial charge on any atom is 0.0255 e. The number of rotatable bonds is 4. The van der Waals surface area contributed by atoms with Crippen molar-refractivity contribution >= 4 is 43.2 Å². The van der Waals surface area contributed by atoms with Crippen LogP contribution < -0.4 is 0 Å². The minimum atomic E-state index is 0.292. The second kappa shape index (κ2) is 9.94. The molecule has 0 aromatic heterocycles. The molecule has 0 unspecified atom stereocenters. The van der Waals surface area contributed by atoms with Crippen molar-refractivity contribution in [3.63, 3.8) is 0 Å². The van der Waals surface area contributed by atoms with E-state index in [1.165, 1.54) is 0 Å². The fraction of sp³-hybridized carbons (Fsp3) is 1.00. The van der Waals surface area contributed by atoms with E-state index >= 15 is 0 Å². The van der Waals surface area contributed by atoms with Crippen LogP contribution in [0.25, 0.3) is 0 Å². The largest absolute Gasteiger partial charge is 0.0876 e. The zero-order valence-corrected chi connectivity index (χ0v) is 23.9. The van der Waals surface area contributed by atoms with Gasteiger partial charge in [0.25, 0.3) is 0 Å². The van der Waals surface area contributed by atoms with Crippen LogP contribution >= 0.6 is 43.2 Å². The first-order chi connectivity index (χ1) is 10.9. The Kier molecular flexibility index (Phi) is 11.3. The first kappa shape index (κ1) is 29.6. The van der Waals surface area contributed by atoms with Gasteiger partial charge in [0.15, 0.2) is 0 Å². The van der Waals surface area contributed by atoms with E-state index in [1.54, 1.807) is 0 Å². The van der Waals surface area contributed by atoms with Gasteiger partial charge in [-0.3, -0.25) is 0 Å². The first-order valence-corrected chi connectivity index (χ1v) is 13.9. The highest BCUT2D eigenvalue weighted by Gasteiger charge is 2.39. The minimum Gasteiger partial charge on any atom is -0.0876 e. The molecule has 0 fully saturated rings. The van der Waals surface area contributed by atoms with E-state index in [-0.39, 0.29) is 0 Å². The Balaban J connectivity index is 0. The fourth-order valence-corrected chi connectivity index (χ4v) is 6.37. The van der Waals surface area contributed by atoms with Crippen molar-refractivity contribution in [3.8, 4) is 0 Å². The molecule has 0 atom stereocenters. The molecule has 0 spiro atoms. The Labute approximate surface area is 183 Å². The van der Waals surface area contributed by atoms with Gasteiger partial charge in [0.2, 0.25) is 0 Å². The molecule has 0 aliphatic carbocycles. The lowest BCUT2D eigenvalue weighted by molar-refractivity contribution is 0.317. The topological polar surface area (TPSA) is 0 Å². The summed E-state index contributed by atoms with van der Waals surface area (Å²) >= 11 is 0. The van der Waals surface area contributed by atoms with Gasteiger partial charge in [-0.05, 0) is 38.5 Å². The van der Waals surface area contributed by atoms with E-state index in [0.29, 0.717) is 29.8 Å². The summed E-state index contributed by atoms with van der Waals surface area (Å²) < 4.78 is 1.36. The normalized spacial score (nSPS) is 14.8. The van der Waals surface area contributed by atoms with E-state index < -0.39 is 0 Å². The van der Waals surface area contributed by atoms with Crippen molar-refractivity contribution in [2.75, 3.05) is 0 Å². The van der Waals surface area contributed by atoms with Crippen molar-refractivity contribution in [1.82, 2.24) is 0 Å². The van der Waals surface area contributed by atoms with Crippen molar-refractivity contribution in [2.24, 2.45) is 10.8 Å². The maximum atomic E-state index is 2.35. The van der Waals surface area contributed by atoms with E-state index in [0.717, 1.165) is 0 Å². The summed E-state index contributed by atoms with van der Waals surface area (Å²) in [7, 11) is 7.99. The molecule has 0 aromatic carbocycles. The van der Waals surface area contributed by atoms with E-state index in [1.807, 2.05) is 43.2 Å². The highest BCUT2D eigenvalue weighted by Crippen LogP contribution is 2.55. The summed E-state index contributed by atoms with van der Waals surface area (Å²) in [6, 6.07) is 0. The second-order valence-electron chi connectivity index (χ2n) is 12.1. The van der Waals surface area contributed by atoms with E-state index in [2.05, 4.69) is 111 Å². The predicted molar refractivity (Wildman–Crippen MR) is 137 cm³/mol. The monoisotopic (exact) mass is 440 g/mol. The van der Waals surface area contributed by atoms with Gasteiger partial charge >= 0.3 is 0 Å². The molecular weight excluding hydrogens is 393 g/mol. The molecule has 0 aromatic rings. The van der Waals surface area contributed by atoms with Crippen LogP contribution in [0.5, 0.6) is 0 Å². The van der Waals surface area contributed by atoms with Gasteiger partial charge in [0.05, 0.1) is 0 Å². The first-order valence-electron chi connectivity index (χ1n) is 9.65. The lowest BCUT2D eigenvalue weighted by Gasteiger charge is -2.43. The standard InChI is InChI=1S/C14H30S2.C8H18S2/c1-11(2,3)13(7,8)15-16-14(9,10)12(4,5)6;1-7(2,3)9-10-8(4,5)6/h1-10H3;1-6H3. The molecule has 0 amide bonds. The van der Waals surface area contributed by atoms with Crippen molar-refractivity contribution in [1.29, 1.82) is 0 Å². The van der Waals surface area contributed by atoms with Crippen LogP contribution in [0.2, 0.25) is 0 Å². The zero-order valence-electron chi connectivity index (χ0n) is 20.6. The van der Waals surface area contributed by atoms with Gasteiger partial charge in [-0.15, -0.1) is 0 Å². The van der Waals surface area contributed by atoms with E-state index in [9.17, 15) is 0 Å². The maximum absolute atomic E-state index is 2.35. The van der Waals surface area contributed by atoms with Crippen molar-refractivity contribution in [2.45, 2.75) is 130 Å². The van der Waals surface area contributed by atoms with Crippen LogP contribution in [0.1, 0.15) is 111 Å². The van der Waals surface area contributed by atoms with Crippen LogP contribution in [-0.2, 0) is 0 Å². The molecule has 160 valence electrons. The molecule has 0 aliphatic heterocycles. The van der Waals surface area contributed by atoms with Crippen LogP contribution in [-0.4, -0.2) is 19.0 Å². The second-order valence-corrected chi connectivity index (χ2v) is 19.2. The molecule has 0 rings (SSSR count). The summed E-state index contributed by atoms with van der Waals surface area (Å²) in [6.45, 7) is 36.8. The van der Waals surface area contributed by atoms with Crippen LogP contribution in [0.15, 0.2) is 0 Å². The third kappa shape index (κ3) is 13.6. The molecule has 0 aliphatic rings. The van der Waals surface area contributed by atoms with Crippen molar-refractivity contribution < 1.29 is 0 Å². The third-order valence-corrected chi connectivity index (χ3v) is 13.8. The predicted octanol–water partition coefficient (Wildman–Crippen LogP) is 9.98. The SMILES string of the molecule is CC(C)(C)C(C)(C)SSC(C)(C)C(C)(C)C.CC(C)(C)SSC(C)(C)C. The molecule has 0 bridgehead atoms. The fourth-order valence-electron chi connectivity index (χ4n) is 0.708. The molecule has 4 heteroatoms. The lowest BCUT2D eigenvalue weighted by Crippen LogP contribution is -2.36. The zero-order chi connectivity index (χ0) is 21.8. The molecule has 0 radical (unpaired) electrons. The Bertz CT molecular complexity index is 356. The molecule has 0 saturated heterocycles. The van der Waals surface area contributed by atoms with Gasteiger partial charge in [0, 0.05) is 19.0 Å². The molecule has 0 heterocycles. The van der Waals surface area contributed by atoms with Gasteiger partial charge < -0.3 is 0 Å². The van der Waals surface area contributed by atoms with Crippen LogP contribution in [0.3, 0.4) is 0 Å². The third-order valence-electron chi connectivity index (χ3n) is 4.61. The Morgan fingerprint density at radius 3 is 0.615 bits per heavy atom. The van der Waals surface area contributed by atoms with Gasteiger partial charge in [-0.25, -0.2) is 0 Å². The summed E-state index contributed by atoms with van der Waals surface area (Å²) in [5.74, 6) is 0. The van der Waals surface area contributed by atoms with Gasteiger partial charge in [-0.2, -0.15) is 0 Å². The van der Waals surface area contributed by atoms with Crippen LogP contribution in [0.4, 0.5) is 0 Å². The Hall–Kier alpha value is 1.40. The lowest BCUT2D eigenvalue weighted by atomic mass is 9.82. The number of hydrogen-bond donors (Lipinski definition) is 0. The smallest absolute Gasteiger partial charge is 0.0255 e.